The van der Waals surface area contributed by atoms with Gasteiger partial charge in [0, 0.05) is 38.3 Å². The van der Waals surface area contributed by atoms with Gasteiger partial charge in [-0.3, -0.25) is 20.0 Å². The van der Waals surface area contributed by atoms with Crippen molar-refractivity contribution in [2.45, 2.75) is 19.8 Å². The number of rotatable bonds is 8. The minimum atomic E-state index is -0.724. The second kappa shape index (κ2) is 11.2. The minimum Gasteiger partial charge on any atom is -0.477 e. The van der Waals surface area contributed by atoms with Crippen molar-refractivity contribution in [2.75, 3.05) is 50.2 Å². The third kappa shape index (κ3) is 6.16. The van der Waals surface area contributed by atoms with Crippen LogP contribution in [-0.2, 0) is 9.47 Å². The molecule has 0 aromatic carbocycles. The van der Waals surface area contributed by atoms with Crippen LogP contribution in [0.1, 0.15) is 19.8 Å². The number of ether oxygens (including phenoxy) is 3. The Labute approximate surface area is 193 Å². The van der Waals surface area contributed by atoms with Gasteiger partial charge >= 0.3 is 11.8 Å². The molecule has 0 radical (unpaired) electrons. The van der Waals surface area contributed by atoms with Crippen LogP contribution >= 0.6 is 15.9 Å². The van der Waals surface area contributed by atoms with E-state index in [1.807, 2.05) is 6.08 Å². The molecule has 1 saturated heterocycles. The Morgan fingerprint density at radius 2 is 2.19 bits per heavy atom. The van der Waals surface area contributed by atoms with Crippen LogP contribution in [0.3, 0.4) is 0 Å². The van der Waals surface area contributed by atoms with E-state index >= 15 is 0 Å². The molecule has 1 aromatic heterocycles. The van der Waals surface area contributed by atoms with Crippen molar-refractivity contribution in [2.24, 2.45) is 16.8 Å². The van der Waals surface area contributed by atoms with Crippen LogP contribution in [0.4, 0.5) is 22.0 Å². The van der Waals surface area contributed by atoms with Crippen molar-refractivity contribution in [1.29, 1.82) is 0 Å². The molecular weight excluding hydrogens is 486 g/mol. The van der Waals surface area contributed by atoms with E-state index in [0.29, 0.717) is 31.0 Å². The van der Waals surface area contributed by atoms with E-state index < -0.39 is 16.7 Å². The summed E-state index contributed by atoms with van der Waals surface area (Å²) in [5.74, 6) is -0.0934. The number of aromatic nitrogens is 1. The molecule has 2 aliphatic rings. The Morgan fingerprint density at radius 3 is 2.81 bits per heavy atom. The number of carbonyl (C=O) groups is 1. The fraction of sp³-hybridized carbons (Fsp3) is 0.550. The molecule has 1 fully saturated rings. The van der Waals surface area contributed by atoms with Gasteiger partial charge in [-0.1, -0.05) is 6.08 Å². The van der Waals surface area contributed by atoms with Crippen molar-refractivity contribution >= 4 is 43.8 Å². The average Bonchev–Trinajstić information content (AvgIpc) is 2.77. The van der Waals surface area contributed by atoms with Gasteiger partial charge in [0.15, 0.2) is 0 Å². The van der Waals surface area contributed by atoms with Crippen molar-refractivity contribution < 1.29 is 23.9 Å². The Kier molecular flexibility index (Phi) is 8.39. The van der Waals surface area contributed by atoms with Gasteiger partial charge in [0.1, 0.15) is 5.69 Å². The van der Waals surface area contributed by atoms with Gasteiger partial charge in [0.25, 0.3) is 0 Å². The zero-order valence-corrected chi connectivity index (χ0v) is 19.3. The SMILES string of the molecule is CCOC(=O)N(CC1C=CC(Br)=NC1)c1cc(OCC2CCOCC2)nc(N)c1[N+](=O)[O-]. The van der Waals surface area contributed by atoms with Crippen LogP contribution in [0.15, 0.2) is 23.2 Å². The third-order valence-electron chi connectivity index (χ3n) is 5.15. The van der Waals surface area contributed by atoms with Gasteiger partial charge in [0.2, 0.25) is 11.7 Å². The van der Waals surface area contributed by atoms with Crippen LogP contribution in [-0.4, -0.2) is 60.1 Å². The standard InChI is InChI=1S/C20H26BrN5O6/c1-2-31-20(27)25(11-14-3-4-16(21)23-10-14)15-9-17(24-19(22)18(15)26(28)29)32-12-13-5-7-30-8-6-13/h3-4,9,13-14H,2,5-8,10-12H2,1H3,(H2,22,24). The van der Waals surface area contributed by atoms with E-state index in [1.54, 1.807) is 13.0 Å². The quantitative estimate of drug-likeness (QED) is 0.413. The maximum absolute atomic E-state index is 12.8. The second-order valence-electron chi connectivity index (χ2n) is 7.43. The van der Waals surface area contributed by atoms with E-state index in [1.165, 1.54) is 11.0 Å². The van der Waals surface area contributed by atoms with Crippen LogP contribution in [0.5, 0.6) is 5.88 Å². The highest BCUT2D eigenvalue weighted by atomic mass is 79.9. The maximum Gasteiger partial charge on any atom is 0.414 e. The highest BCUT2D eigenvalue weighted by Gasteiger charge is 2.32. The average molecular weight is 512 g/mol. The number of halogens is 1. The molecule has 1 atom stereocenters. The molecule has 32 heavy (non-hydrogen) atoms. The van der Waals surface area contributed by atoms with E-state index in [0.717, 1.165) is 12.8 Å². The van der Waals surface area contributed by atoms with E-state index in [4.69, 9.17) is 19.9 Å². The predicted molar refractivity (Wildman–Crippen MR) is 123 cm³/mol. The second-order valence-corrected chi connectivity index (χ2v) is 8.24. The Morgan fingerprint density at radius 1 is 1.44 bits per heavy atom. The zero-order valence-electron chi connectivity index (χ0n) is 17.7. The summed E-state index contributed by atoms with van der Waals surface area (Å²) in [6.45, 7) is 4.01. The summed E-state index contributed by atoms with van der Waals surface area (Å²) in [4.78, 5) is 33.5. The summed E-state index contributed by atoms with van der Waals surface area (Å²) in [7, 11) is 0. The number of dihydropyridines is 1. The van der Waals surface area contributed by atoms with Gasteiger partial charge < -0.3 is 19.9 Å². The Bertz CT molecular complexity index is 903. The van der Waals surface area contributed by atoms with Crippen LogP contribution < -0.4 is 15.4 Å². The lowest BCUT2D eigenvalue weighted by molar-refractivity contribution is -0.383. The lowest BCUT2D eigenvalue weighted by atomic mass is 10.0. The molecule has 0 aliphatic carbocycles. The summed E-state index contributed by atoms with van der Waals surface area (Å²) in [5, 5.41) is 11.8. The van der Waals surface area contributed by atoms with Crippen molar-refractivity contribution in [3.8, 4) is 5.88 Å². The number of nitrogens with zero attached hydrogens (tertiary/aromatic N) is 4. The largest absolute Gasteiger partial charge is 0.477 e. The molecule has 1 unspecified atom stereocenters. The fourth-order valence-corrected chi connectivity index (χ4v) is 3.76. The number of nitrogens with two attached hydrogens (primary N) is 1. The molecular formula is C20H26BrN5O6. The highest BCUT2D eigenvalue weighted by Crippen LogP contribution is 2.37. The fourth-order valence-electron chi connectivity index (χ4n) is 3.46. The van der Waals surface area contributed by atoms with Crippen molar-refractivity contribution in [3.05, 3.63) is 28.3 Å². The molecule has 12 heteroatoms. The van der Waals surface area contributed by atoms with Crippen molar-refractivity contribution in [3.63, 3.8) is 0 Å². The predicted octanol–water partition coefficient (Wildman–Crippen LogP) is 3.32. The Hall–Kier alpha value is -2.73. The molecule has 1 aromatic rings. The molecule has 1 amide bonds. The number of hydrogen-bond donors (Lipinski definition) is 1. The molecule has 0 saturated carbocycles. The van der Waals surface area contributed by atoms with Gasteiger partial charge in [-0.15, -0.1) is 0 Å². The van der Waals surface area contributed by atoms with Crippen LogP contribution in [0, 0.1) is 22.0 Å². The lowest BCUT2D eigenvalue weighted by Crippen LogP contribution is -2.37. The monoisotopic (exact) mass is 511 g/mol. The maximum atomic E-state index is 12.8. The molecule has 0 spiro atoms. The van der Waals surface area contributed by atoms with Gasteiger partial charge in [-0.05, 0) is 47.7 Å². The first kappa shape index (κ1) is 23.9. The minimum absolute atomic E-state index is 0.0232. The number of aliphatic imine (C=N–C) groups is 1. The van der Waals surface area contributed by atoms with Crippen molar-refractivity contribution in [1.82, 2.24) is 4.98 Å². The Balaban J connectivity index is 1.90. The summed E-state index contributed by atoms with van der Waals surface area (Å²) in [6, 6.07) is 1.37. The first-order valence-corrected chi connectivity index (χ1v) is 11.2. The van der Waals surface area contributed by atoms with E-state index in [2.05, 4.69) is 25.9 Å². The molecule has 2 N–H and O–H groups in total. The first-order valence-electron chi connectivity index (χ1n) is 10.4. The van der Waals surface area contributed by atoms with E-state index in [9.17, 15) is 14.9 Å². The molecule has 3 heterocycles. The van der Waals surface area contributed by atoms with Gasteiger partial charge in [-0.25, -0.2) is 4.79 Å². The number of nitro groups is 1. The number of hydrogen-bond acceptors (Lipinski definition) is 9. The number of nitrogen functional groups attached to an aromatic ring is 1. The van der Waals surface area contributed by atoms with Gasteiger partial charge in [-0.2, -0.15) is 4.98 Å². The van der Waals surface area contributed by atoms with Gasteiger partial charge in [0.05, 0.1) is 22.8 Å². The molecule has 2 aliphatic heterocycles. The normalized spacial score (nSPS) is 18.7. The summed E-state index contributed by atoms with van der Waals surface area (Å²) >= 11 is 3.30. The summed E-state index contributed by atoms with van der Waals surface area (Å²) in [6.07, 6.45) is 4.64. The smallest absolute Gasteiger partial charge is 0.414 e. The molecule has 11 nitrogen and oxygen atoms in total. The van der Waals surface area contributed by atoms with E-state index in [-0.39, 0.29) is 42.4 Å². The number of amides is 1. The summed E-state index contributed by atoms with van der Waals surface area (Å²) in [5.41, 5.74) is 5.43. The first-order chi connectivity index (χ1) is 15.4. The number of carbonyl (C=O) groups excluding carboxylic acids is 1. The number of anilines is 2. The summed E-state index contributed by atoms with van der Waals surface area (Å²) < 4.78 is 17.0. The molecule has 0 bridgehead atoms. The number of allylic oxidation sites excluding steroid dienone is 1. The highest BCUT2D eigenvalue weighted by molar-refractivity contribution is 9.18. The molecule has 3 rings (SSSR count). The lowest BCUT2D eigenvalue weighted by Gasteiger charge is -2.26. The van der Waals surface area contributed by atoms with Crippen LogP contribution in [0.25, 0.3) is 0 Å². The zero-order chi connectivity index (χ0) is 23.1. The topological polar surface area (TPSA) is 142 Å². The molecule has 174 valence electrons. The van der Waals surface area contributed by atoms with Crippen LogP contribution in [0.2, 0.25) is 0 Å². The third-order valence-corrected chi connectivity index (χ3v) is 5.66. The number of pyridine rings is 1.